The first-order valence-corrected chi connectivity index (χ1v) is 9.55. The molecule has 5 nitrogen and oxygen atoms in total. The van der Waals surface area contributed by atoms with Crippen LogP contribution in [-0.4, -0.2) is 30.1 Å². The molecule has 1 aromatic heterocycles. The van der Waals surface area contributed by atoms with Gasteiger partial charge in [0, 0.05) is 11.4 Å². The van der Waals surface area contributed by atoms with Gasteiger partial charge >= 0.3 is 0 Å². The van der Waals surface area contributed by atoms with Gasteiger partial charge in [-0.05, 0) is 39.8 Å². The van der Waals surface area contributed by atoms with Crippen LogP contribution in [0.1, 0.15) is 29.4 Å². The Hall–Kier alpha value is -1.79. The number of para-hydroxylation sites is 1. The van der Waals surface area contributed by atoms with Gasteiger partial charge in [0.25, 0.3) is 0 Å². The standard InChI is InChI=1S/C18H25ClN4OS/c1-5-20-18(22-11-17-23-13(3)14(4)25-17)21-10-12(2)24-16-9-7-6-8-15(16)19/h6-9,12H,5,10-11H2,1-4H3,(H2,20,21,22). The molecule has 2 N–H and O–H groups in total. The van der Waals surface area contributed by atoms with Crippen molar-refractivity contribution in [3.63, 3.8) is 0 Å². The van der Waals surface area contributed by atoms with Crippen molar-refractivity contribution in [1.29, 1.82) is 0 Å². The number of hydrogen-bond acceptors (Lipinski definition) is 4. The number of halogens is 1. The first-order chi connectivity index (χ1) is 12.0. The average Bonchev–Trinajstić information content (AvgIpc) is 2.90. The molecular formula is C18H25ClN4OS. The first-order valence-electron chi connectivity index (χ1n) is 8.35. The number of aryl methyl sites for hydroxylation is 2. The minimum Gasteiger partial charge on any atom is -0.487 e. The SMILES string of the molecule is CCNC(=NCc1nc(C)c(C)s1)NCC(C)Oc1ccccc1Cl. The summed E-state index contributed by atoms with van der Waals surface area (Å²) in [4.78, 5) is 10.4. The molecule has 0 radical (unpaired) electrons. The summed E-state index contributed by atoms with van der Waals surface area (Å²) in [7, 11) is 0. The predicted molar refractivity (Wildman–Crippen MR) is 106 cm³/mol. The lowest BCUT2D eigenvalue weighted by Gasteiger charge is -2.18. The van der Waals surface area contributed by atoms with Crippen LogP contribution >= 0.6 is 22.9 Å². The number of aliphatic imine (C=N–C) groups is 1. The van der Waals surface area contributed by atoms with E-state index in [0.29, 0.717) is 23.9 Å². The number of ether oxygens (including phenoxy) is 1. The van der Waals surface area contributed by atoms with Crippen LogP contribution in [0.25, 0.3) is 0 Å². The fraction of sp³-hybridized carbons (Fsp3) is 0.444. The molecule has 0 saturated heterocycles. The van der Waals surface area contributed by atoms with Crippen LogP contribution in [0.5, 0.6) is 5.75 Å². The van der Waals surface area contributed by atoms with E-state index in [-0.39, 0.29) is 6.10 Å². The van der Waals surface area contributed by atoms with Gasteiger partial charge in [0.1, 0.15) is 16.9 Å². The minimum absolute atomic E-state index is 0.0480. The molecule has 136 valence electrons. The third kappa shape index (κ3) is 6.21. The number of guanidine groups is 1. The molecule has 1 heterocycles. The van der Waals surface area contributed by atoms with Crippen LogP contribution in [0.3, 0.4) is 0 Å². The molecular weight excluding hydrogens is 356 g/mol. The Morgan fingerprint density at radius 3 is 2.72 bits per heavy atom. The monoisotopic (exact) mass is 380 g/mol. The summed E-state index contributed by atoms with van der Waals surface area (Å²) < 4.78 is 5.87. The maximum atomic E-state index is 6.13. The van der Waals surface area contributed by atoms with E-state index in [0.717, 1.165) is 23.2 Å². The van der Waals surface area contributed by atoms with Crippen LogP contribution in [0.4, 0.5) is 0 Å². The van der Waals surface area contributed by atoms with Crippen molar-refractivity contribution >= 4 is 28.9 Å². The van der Waals surface area contributed by atoms with Gasteiger partial charge in [-0.2, -0.15) is 0 Å². The molecule has 0 aliphatic heterocycles. The first kappa shape index (κ1) is 19.5. The topological polar surface area (TPSA) is 58.5 Å². The highest BCUT2D eigenvalue weighted by Crippen LogP contribution is 2.24. The number of thiazole rings is 1. The quantitative estimate of drug-likeness (QED) is 0.564. The highest BCUT2D eigenvalue weighted by molar-refractivity contribution is 7.11. The third-order valence-corrected chi connectivity index (χ3v) is 4.88. The van der Waals surface area contributed by atoms with Crippen LogP contribution in [-0.2, 0) is 6.54 Å². The number of nitrogens with zero attached hydrogens (tertiary/aromatic N) is 2. The summed E-state index contributed by atoms with van der Waals surface area (Å²) >= 11 is 7.81. The fourth-order valence-electron chi connectivity index (χ4n) is 2.13. The minimum atomic E-state index is -0.0480. The number of nitrogens with one attached hydrogen (secondary N) is 2. The molecule has 1 unspecified atom stereocenters. The van der Waals surface area contributed by atoms with E-state index in [4.69, 9.17) is 16.3 Å². The molecule has 1 aromatic carbocycles. The summed E-state index contributed by atoms with van der Waals surface area (Å²) in [5, 5.41) is 8.17. The molecule has 0 fully saturated rings. The molecule has 0 aliphatic rings. The summed E-state index contributed by atoms with van der Waals surface area (Å²) in [6.45, 7) is 10.1. The van der Waals surface area contributed by atoms with Gasteiger partial charge in [-0.15, -0.1) is 11.3 Å². The lowest BCUT2D eigenvalue weighted by molar-refractivity contribution is 0.224. The molecule has 25 heavy (non-hydrogen) atoms. The second-order valence-electron chi connectivity index (χ2n) is 5.68. The van der Waals surface area contributed by atoms with E-state index in [2.05, 4.69) is 27.5 Å². The van der Waals surface area contributed by atoms with Crippen molar-refractivity contribution in [3.8, 4) is 5.75 Å². The molecule has 0 aliphatic carbocycles. The van der Waals surface area contributed by atoms with Crippen LogP contribution < -0.4 is 15.4 Å². The van der Waals surface area contributed by atoms with Gasteiger partial charge in [-0.1, -0.05) is 23.7 Å². The zero-order chi connectivity index (χ0) is 18.2. The zero-order valence-electron chi connectivity index (χ0n) is 15.1. The largest absolute Gasteiger partial charge is 0.487 e. The second kappa shape index (κ2) is 9.63. The fourth-order valence-corrected chi connectivity index (χ4v) is 3.17. The summed E-state index contributed by atoms with van der Waals surface area (Å²) in [5.74, 6) is 1.44. The second-order valence-corrected chi connectivity index (χ2v) is 7.38. The van der Waals surface area contributed by atoms with E-state index >= 15 is 0 Å². The molecule has 7 heteroatoms. The Morgan fingerprint density at radius 1 is 1.32 bits per heavy atom. The van der Waals surface area contributed by atoms with E-state index in [1.807, 2.05) is 45.0 Å². The van der Waals surface area contributed by atoms with Crippen molar-refractivity contribution in [2.45, 2.75) is 40.3 Å². The molecule has 0 bridgehead atoms. The Kier molecular flexibility index (Phi) is 7.52. The lowest BCUT2D eigenvalue weighted by Crippen LogP contribution is -2.41. The van der Waals surface area contributed by atoms with E-state index in [1.165, 1.54) is 4.88 Å². The maximum absolute atomic E-state index is 6.13. The van der Waals surface area contributed by atoms with Gasteiger partial charge in [-0.25, -0.2) is 9.98 Å². The van der Waals surface area contributed by atoms with E-state index in [1.54, 1.807) is 11.3 Å². The molecule has 2 aromatic rings. The summed E-state index contributed by atoms with van der Waals surface area (Å²) in [6.07, 6.45) is -0.0480. The van der Waals surface area contributed by atoms with Gasteiger partial charge in [0.15, 0.2) is 5.96 Å². The van der Waals surface area contributed by atoms with Crippen molar-refractivity contribution in [2.75, 3.05) is 13.1 Å². The van der Waals surface area contributed by atoms with Crippen LogP contribution in [0, 0.1) is 13.8 Å². The maximum Gasteiger partial charge on any atom is 0.191 e. The summed E-state index contributed by atoms with van der Waals surface area (Å²) in [5.41, 5.74) is 1.08. The van der Waals surface area contributed by atoms with Crippen molar-refractivity contribution in [2.24, 2.45) is 4.99 Å². The van der Waals surface area contributed by atoms with Gasteiger partial charge in [0.05, 0.1) is 23.8 Å². The molecule has 1 atom stereocenters. The zero-order valence-corrected chi connectivity index (χ0v) is 16.7. The number of rotatable bonds is 7. The van der Waals surface area contributed by atoms with Gasteiger partial charge in [0.2, 0.25) is 0 Å². The number of benzene rings is 1. The molecule has 0 amide bonds. The van der Waals surface area contributed by atoms with Gasteiger partial charge < -0.3 is 15.4 Å². The predicted octanol–water partition coefficient (Wildman–Crippen LogP) is 3.94. The Morgan fingerprint density at radius 2 is 2.08 bits per heavy atom. The van der Waals surface area contributed by atoms with E-state index < -0.39 is 0 Å². The Balaban J connectivity index is 1.89. The highest BCUT2D eigenvalue weighted by atomic mass is 35.5. The van der Waals surface area contributed by atoms with Crippen LogP contribution in [0.15, 0.2) is 29.3 Å². The number of aromatic nitrogens is 1. The molecule has 0 spiro atoms. The van der Waals surface area contributed by atoms with E-state index in [9.17, 15) is 0 Å². The third-order valence-electron chi connectivity index (χ3n) is 3.51. The van der Waals surface area contributed by atoms with Crippen molar-refractivity contribution in [3.05, 3.63) is 44.9 Å². The van der Waals surface area contributed by atoms with Crippen molar-refractivity contribution < 1.29 is 4.74 Å². The smallest absolute Gasteiger partial charge is 0.191 e. The van der Waals surface area contributed by atoms with Gasteiger partial charge in [-0.3, -0.25) is 0 Å². The normalized spacial score (nSPS) is 12.8. The molecule has 2 rings (SSSR count). The average molecular weight is 381 g/mol. The Labute approximate surface area is 158 Å². The van der Waals surface area contributed by atoms with Crippen molar-refractivity contribution in [1.82, 2.24) is 15.6 Å². The summed E-state index contributed by atoms with van der Waals surface area (Å²) in [6, 6.07) is 7.48. The lowest BCUT2D eigenvalue weighted by atomic mass is 10.3. The van der Waals surface area contributed by atoms with Crippen LogP contribution in [0.2, 0.25) is 5.02 Å². The number of hydrogen-bond donors (Lipinski definition) is 2. The Bertz CT molecular complexity index is 697. The highest BCUT2D eigenvalue weighted by Gasteiger charge is 2.09. The molecule has 0 saturated carbocycles.